The van der Waals surface area contributed by atoms with E-state index < -0.39 is 5.92 Å². The first-order valence-electron chi connectivity index (χ1n) is 7.65. The van der Waals surface area contributed by atoms with Crippen LogP contribution in [0.15, 0.2) is 18.2 Å². The summed E-state index contributed by atoms with van der Waals surface area (Å²) in [6.45, 7) is 3.16. The van der Waals surface area contributed by atoms with Gasteiger partial charge in [0.05, 0.1) is 0 Å². The third-order valence-electron chi connectivity index (χ3n) is 4.98. The number of carbonyl (C=O) groups is 2. The van der Waals surface area contributed by atoms with E-state index in [9.17, 15) is 9.59 Å². The van der Waals surface area contributed by atoms with Gasteiger partial charge in [0, 0.05) is 26.1 Å². The van der Waals surface area contributed by atoms with Gasteiger partial charge in [0.2, 0.25) is 0 Å². The highest BCUT2D eigenvalue weighted by molar-refractivity contribution is 6.10. The Labute approximate surface area is 129 Å². The van der Waals surface area contributed by atoms with Crippen LogP contribution < -0.4 is 10.7 Å². The lowest BCUT2D eigenvalue weighted by Crippen LogP contribution is -2.42. The van der Waals surface area contributed by atoms with E-state index in [1.54, 1.807) is 18.2 Å². The van der Waals surface area contributed by atoms with Gasteiger partial charge in [-0.05, 0) is 48.4 Å². The van der Waals surface area contributed by atoms with Crippen LogP contribution in [-0.2, 0) is 14.3 Å². The minimum Gasteiger partial charge on any atom is -0.412 e. The van der Waals surface area contributed by atoms with E-state index in [1.807, 2.05) is 6.92 Å². The molecule has 5 heteroatoms. The standard InChI is InChI=1S/C17H21NO4/c1-11-8-12(22-18)2-3-13(11)16-14(19)9-17(10-15(16)20)4-6-21-7-5-17/h2-3,8,16H,4-7,9-10,18H2,1H3. The van der Waals surface area contributed by atoms with Crippen LogP contribution in [0.3, 0.4) is 0 Å². The predicted molar refractivity (Wildman–Crippen MR) is 80.5 cm³/mol. The number of ether oxygens (including phenoxy) is 1. The van der Waals surface area contributed by atoms with E-state index in [2.05, 4.69) is 0 Å². The first-order chi connectivity index (χ1) is 10.5. The summed E-state index contributed by atoms with van der Waals surface area (Å²) in [5.41, 5.74) is 1.47. The van der Waals surface area contributed by atoms with Gasteiger partial charge in [0.1, 0.15) is 23.2 Å². The molecule has 3 rings (SSSR count). The van der Waals surface area contributed by atoms with Gasteiger partial charge < -0.3 is 9.57 Å². The zero-order valence-electron chi connectivity index (χ0n) is 12.8. The molecule has 1 saturated heterocycles. The second kappa shape index (κ2) is 5.82. The van der Waals surface area contributed by atoms with Crippen LogP contribution in [0, 0.1) is 12.3 Å². The fraction of sp³-hybridized carbons (Fsp3) is 0.529. The van der Waals surface area contributed by atoms with Crippen molar-refractivity contribution in [2.75, 3.05) is 13.2 Å². The van der Waals surface area contributed by atoms with E-state index in [0.29, 0.717) is 31.8 Å². The summed E-state index contributed by atoms with van der Waals surface area (Å²) in [5, 5.41) is 0. The van der Waals surface area contributed by atoms with E-state index in [-0.39, 0.29) is 17.0 Å². The minimum atomic E-state index is -0.639. The van der Waals surface area contributed by atoms with Crippen LogP contribution in [0.4, 0.5) is 0 Å². The molecule has 2 fully saturated rings. The van der Waals surface area contributed by atoms with E-state index >= 15 is 0 Å². The topological polar surface area (TPSA) is 78.6 Å². The molecule has 1 aromatic rings. The second-order valence-electron chi connectivity index (χ2n) is 6.47. The Hall–Kier alpha value is -1.72. The smallest absolute Gasteiger partial charge is 0.148 e. The molecule has 2 aliphatic rings. The summed E-state index contributed by atoms with van der Waals surface area (Å²) in [7, 11) is 0. The lowest BCUT2D eigenvalue weighted by Gasteiger charge is -2.41. The SMILES string of the molecule is Cc1cc(ON)ccc1C1C(=O)CC2(CCOCC2)CC1=O. The number of benzene rings is 1. The normalized spacial score (nSPS) is 22.1. The number of hydrogen-bond donors (Lipinski definition) is 1. The number of aryl methyl sites for hydroxylation is 1. The monoisotopic (exact) mass is 303 g/mol. The van der Waals surface area contributed by atoms with Crippen LogP contribution >= 0.6 is 0 Å². The molecule has 1 aliphatic heterocycles. The van der Waals surface area contributed by atoms with Crippen LogP contribution in [-0.4, -0.2) is 24.8 Å². The molecule has 118 valence electrons. The van der Waals surface area contributed by atoms with E-state index in [4.69, 9.17) is 15.5 Å². The first kappa shape index (κ1) is 15.2. The Balaban J connectivity index is 1.87. The highest BCUT2D eigenvalue weighted by Crippen LogP contribution is 2.45. The molecule has 5 nitrogen and oxygen atoms in total. The van der Waals surface area contributed by atoms with Crippen molar-refractivity contribution in [2.45, 2.75) is 38.5 Å². The van der Waals surface area contributed by atoms with Gasteiger partial charge in [-0.2, -0.15) is 5.90 Å². The van der Waals surface area contributed by atoms with Gasteiger partial charge in [-0.3, -0.25) is 9.59 Å². The number of ketones is 2. The Morgan fingerprint density at radius 2 is 1.82 bits per heavy atom. The molecule has 2 N–H and O–H groups in total. The van der Waals surface area contributed by atoms with Crippen molar-refractivity contribution in [1.82, 2.24) is 0 Å². The molecule has 1 spiro atoms. The summed E-state index contributed by atoms with van der Waals surface area (Å²) in [6.07, 6.45) is 2.55. The lowest BCUT2D eigenvalue weighted by molar-refractivity contribution is -0.139. The molecule has 1 aromatic carbocycles. The molecule has 0 unspecified atom stereocenters. The van der Waals surface area contributed by atoms with Crippen molar-refractivity contribution in [2.24, 2.45) is 11.3 Å². The van der Waals surface area contributed by atoms with Gasteiger partial charge in [0.25, 0.3) is 0 Å². The Bertz CT molecular complexity index is 585. The van der Waals surface area contributed by atoms with Crippen molar-refractivity contribution in [3.05, 3.63) is 29.3 Å². The first-order valence-corrected chi connectivity index (χ1v) is 7.65. The predicted octanol–water partition coefficient (Wildman–Crippen LogP) is 2.06. The summed E-state index contributed by atoms with van der Waals surface area (Å²) < 4.78 is 5.38. The van der Waals surface area contributed by atoms with Crippen molar-refractivity contribution >= 4 is 11.6 Å². The number of carbonyl (C=O) groups excluding carboxylic acids is 2. The molecular formula is C17H21NO4. The number of Topliss-reactive ketones (excluding diaryl/α,β-unsaturated/α-hetero) is 2. The highest BCUT2D eigenvalue weighted by Gasteiger charge is 2.46. The van der Waals surface area contributed by atoms with Gasteiger partial charge in [0.15, 0.2) is 0 Å². The Kier molecular flexibility index (Phi) is 4.02. The van der Waals surface area contributed by atoms with Crippen molar-refractivity contribution in [3.8, 4) is 5.75 Å². The minimum absolute atomic E-state index is 0.0302. The molecule has 22 heavy (non-hydrogen) atoms. The van der Waals surface area contributed by atoms with Crippen molar-refractivity contribution < 1.29 is 19.2 Å². The Morgan fingerprint density at radius 1 is 1.18 bits per heavy atom. The quantitative estimate of drug-likeness (QED) is 0.668. The third kappa shape index (κ3) is 2.66. The average Bonchev–Trinajstić information content (AvgIpc) is 2.48. The molecular weight excluding hydrogens is 282 g/mol. The number of nitrogens with two attached hydrogens (primary N) is 1. The molecule has 1 aliphatic carbocycles. The van der Waals surface area contributed by atoms with Gasteiger partial charge in [-0.15, -0.1) is 0 Å². The lowest BCUT2D eigenvalue weighted by atomic mass is 9.64. The van der Waals surface area contributed by atoms with Crippen LogP contribution in [0.25, 0.3) is 0 Å². The molecule has 1 saturated carbocycles. The zero-order valence-corrected chi connectivity index (χ0v) is 12.8. The molecule has 0 radical (unpaired) electrons. The van der Waals surface area contributed by atoms with Crippen molar-refractivity contribution in [1.29, 1.82) is 0 Å². The molecule has 0 amide bonds. The van der Waals surface area contributed by atoms with Crippen LogP contribution in [0.1, 0.15) is 42.7 Å². The van der Waals surface area contributed by atoms with Gasteiger partial charge >= 0.3 is 0 Å². The molecule has 0 atom stereocenters. The van der Waals surface area contributed by atoms with Gasteiger partial charge in [-0.1, -0.05) is 6.07 Å². The van der Waals surface area contributed by atoms with E-state index in [0.717, 1.165) is 24.0 Å². The third-order valence-corrected chi connectivity index (χ3v) is 4.98. The highest BCUT2D eigenvalue weighted by atomic mass is 16.6. The van der Waals surface area contributed by atoms with Gasteiger partial charge in [-0.25, -0.2) is 0 Å². The fourth-order valence-electron chi connectivity index (χ4n) is 3.74. The number of rotatable bonds is 2. The second-order valence-corrected chi connectivity index (χ2v) is 6.47. The summed E-state index contributed by atoms with van der Waals surface area (Å²) >= 11 is 0. The molecule has 1 heterocycles. The summed E-state index contributed by atoms with van der Waals surface area (Å²) in [4.78, 5) is 30.0. The largest absolute Gasteiger partial charge is 0.412 e. The Morgan fingerprint density at radius 3 is 2.36 bits per heavy atom. The molecule has 0 bridgehead atoms. The number of hydrogen-bond acceptors (Lipinski definition) is 5. The van der Waals surface area contributed by atoms with Crippen molar-refractivity contribution in [3.63, 3.8) is 0 Å². The summed E-state index contributed by atoms with van der Waals surface area (Å²) in [5.74, 6) is 5.10. The molecule has 0 aromatic heterocycles. The summed E-state index contributed by atoms with van der Waals surface area (Å²) in [6, 6.07) is 5.23. The van der Waals surface area contributed by atoms with E-state index in [1.165, 1.54) is 0 Å². The van der Waals surface area contributed by atoms with Crippen LogP contribution in [0.5, 0.6) is 5.75 Å². The maximum Gasteiger partial charge on any atom is 0.148 e. The fourth-order valence-corrected chi connectivity index (χ4v) is 3.74. The maximum absolute atomic E-state index is 12.7. The average molecular weight is 303 g/mol. The maximum atomic E-state index is 12.7. The van der Waals surface area contributed by atoms with Crippen LogP contribution in [0.2, 0.25) is 0 Å². The zero-order chi connectivity index (χ0) is 15.7.